The van der Waals surface area contributed by atoms with Crippen molar-refractivity contribution < 1.29 is 4.79 Å². The lowest BCUT2D eigenvalue weighted by Crippen LogP contribution is -2.25. The highest BCUT2D eigenvalue weighted by Gasteiger charge is 2.15. The first-order valence-electron chi connectivity index (χ1n) is 7.45. The second-order valence-electron chi connectivity index (χ2n) is 5.30. The van der Waals surface area contributed by atoms with E-state index in [1.807, 2.05) is 36.4 Å². The molecule has 3 aromatic rings. The van der Waals surface area contributed by atoms with E-state index in [0.717, 1.165) is 17.5 Å². The van der Waals surface area contributed by atoms with Gasteiger partial charge in [0.2, 0.25) is 0 Å². The minimum absolute atomic E-state index is 0.173. The summed E-state index contributed by atoms with van der Waals surface area (Å²) in [5, 5.41) is 11.1. The molecule has 0 spiro atoms. The highest BCUT2D eigenvalue weighted by molar-refractivity contribution is 6.31. The number of carbonyl (C=O) groups excluding carboxylic acids is 1. The zero-order valence-corrected chi connectivity index (χ0v) is 14.2. The van der Waals surface area contributed by atoms with Crippen LogP contribution in [0, 0.1) is 0 Å². The molecule has 6 heteroatoms. The minimum Gasteiger partial charge on any atom is -0.352 e. The lowest BCUT2D eigenvalue weighted by atomic mass is 10.1. The molecule has 0 aliphatic heterocycles. The highest BCUT2D eigenvalue weighted by Crippen LogP contribution is 2.23. The Bertz CT molecular complexity index is 843. The number of hydrogen-bond donors (Lipinski definition) is 2. The van der Waals surface area contributed by atoms with E-state index >= 15 is 0 Å². The largest absolute Gasteiger partial charge is 0.352 e. The molecule has 24 heavy (non-hydrogen) atoms. The first-order valence-corrected chi connectivity index (χ1v) is 8.21. The second kappa shape index (κ2) is 7.51. The predicted molar refractivity (Wildman–Crippen MR) is 96.5 cm³/mol. The molecule has 2 aromatic carbocycles. The van der Waals surface area contributed by atoms with Gasteiger partial charge in [0.1, 0.15) is 0 Å². The van der Waals surface area contributed by atoms with Crippen LogP contribution in [-0.4, -0.2) is 22.6 Å². The van der Waals surface area contributed by atoms with Crippen molar-refractivity contribution in [3.05, 3.63) is 75.9 Å². The summed E-state index contributed by atoms with van der Waals surface area (Å²) in [6.45, 7) is 0.528. The van der Waals surface area contributed by atoms with Crippen LogP contribution in [0.3, 0.4) is 0 Å². The third-order valence-electron chi connectivity index (χ3n) is 3.61. The maximum Gasteiger partial charge on any atom is 0.255 e. The van der Waals surface area contributed by atoms with E-state index in [2.05, 4.69) is 15.5 Å². The van der Waals surface area contributed by atoms with E-state index in [9.17, 15) is 4.79 Å². The van der Waals surface area contributed by atoms with E-state index < -0.39 is 0 Å². The second-order valence-corrected chi connectivity index (χ2v) is 6.17. The maximum atomic E-state index is 12.4. The zero-order chi connectivity index (χ0) is 16.9. The van der Waals surface area contributed by atoms with Crippen LogP contribution in [0.4, 0.5) is 0 Å². The van der Waals surface area contributed by atoms with Crippen LogP contribution in [0.5, 0.6) is 0 Å². The first-order chi connectivity index (χ1) is 11.6. The van der Waals surface area contributed by atoms with Crippen LogP contribution in [0.15, 0.2) is 54.7 Å². The number of nitrogens with zero attached hydrogens (tertiary/aromatic N) is 1. The van der Waals surface area contributed by atoms with Gasteiger partial charge >= 0.3 is 0 Å². The fraction of sp³-hybridized carbons (Fsp3) is 0.111. The Kier molecular flexibility index (Phi) is 5.18. The lowest BCUT2D eigenvalue weighted by molar-refractivity contribution is 0.0955. The van der Waals surface area contributed by atoms with Crippen LogP contribution < -0.4 is 5.32 Å². The Hall–Kier alpha value is -2.30. The molecule has 0 bridgehead atoms. The molecule has 0 aliphatic rings. The molecule has 1 heterocycles. The van der Waals surface area contributed by atoms with Crippen molar-refractivity contribution in [1.82, 2.24) is 15.5 Å². The molecule has 4 nitrogen and oxygen atoms in total. The molecule has 0 atom stereocenters. The number of carbonyl (C=O) groups is 1. The maximum absolute atomic E-state index is 12.4. The summed E-state index contributed by atoms with van der Waals surface area (Å²) in [5.74, 6) is -0.173. The van der Waals surface area contributed by atoms with E-state index in [1.165, 1.54) is 6.20 Å². The Balaban J connectivity index is 1.66. The number of amides is 1. The van der Waals surface area contributed by atoms with Crippen molar-refractivity contribution in [2.45, 2.75) is 6.42 Å². The summed E-state index contributed by atoms with van der Waals surface area (Å²) < 4.78 is 0. The summed E-state index contributed by atoms with van der Waals surface area (Å²) in [6.07, 6.45) is 2.25. The fourth-order valence-corrected chi connectivity index (χ4v) is 2.71. The fourth-order valence-electron chi connectivity index (χ4n) is 2.39. The molecular formula is C18H15Cl2N3O. The molecule has 3 rings (SSSR count). The molecule has 2 N–H and O–H groups in total. The normalized spacial score (nSPS) is 10.6. The number of halogens is 2. The average molecular weight is 360 g/mol. The van der Waals surface area contributed by atoms with Gasteiger partial charge in [-0.05, 0) is 36.2 Å². The van der Waals surface area contributed by atoms with Crippen molar-refractivity contribution in [2.75, 3.05) is 6.54 Å². The van der Waals surface area contributed by atoms with Gasteiger partial charge in [0, 0.05) is 22.2 Å². The topological polar surface area (TPSA) is 57.8 Å². The molecule has 0 radical (unpaired) electrons. The van der Waals surface area contributed by atoms with Crippen molar-refractivity contribution in [3.8, 4) is 11.3 Å². The summed E-state index contributed by atoms with van der Waals surface area (Å²) in [7, 11) is 0. The van der Waals surface area contributed by atoms with Crippen LogP contribution >= 0.6 is 23.2 Å². The Morgan fingerprint density at radius 1 is 1.08 bits per heavy atom. The molecule has 0 unspecified atom stereocenters. The van der Waals surface area contributed by atoms with Crippen LogP contribution in [0.1, 0.15) is 15.9 Å². The van der Waals surface area contributed by atoms with Crippen LogP contribution in [0.25, 0.3) is 11.3 Å². The SMILES string of the molecule is O=C(NCCc1ccc(Cl)cc1)c1cn[nH]c1-c1cccc(Cl)c1. The molecule has 1 amide bonds. The number of hydrogen-bond acceptors (Lipinski definition) is 2. The Labute approximate surface area is 149 Å². The molecule has 0 saturated carbocycles. The predicted octanol–water partition coefficient (Wildman–Crippen LogP) is 4.36. The third kappa shape index (κ3) is 3.96. The third-order valence-corrected chi connectivity index (χ3v) is 4.10. The standard InChI is InChI=1S/C18H15Cl2N3O/c19-14-6-4-12(5-7-14)8-9-21-18(24)16-11-22-23-17(16)13-2-1-3-15(20)10-13/h1-7,10-11H,8-9H2,(H,21,24)(H,22,23). The van der Waals surface area contributed by atoms with Gasteiger partial charge in [0.25, 0.3) is 5.91 Å². The van der Waals surface area contributed by atoms with Gasteiger partial charge in [-0.2, -0.15) is 5.10 Å². The van der Waals surface area contributed by atoms with E-state index in [4.69, 9.17) is 23.2 Å². The number of H-pyrrole nitrogens is 1. The molecule has 0 aliphatic carbocycles. The highest BCUT2D eigenvalue weighted by atomic mass is 35.5. The Morgan fingerprint density at radius 3 is 2.62 bits per heavy atom. The van der Waals surface area contributed by atoms with Gasteiger partial charge in [-0.3, -0.25) is 9.89 Å². The average Bonchev–Trinajstić information content (AvgIpc) is 3.06. The number of benzene rings is 2. The Morgan fingerprint density at radius 2 is 1.88 bits per heavy atom. The van der Waals surface area contributed by atoms with Crippen LogP contribution in [0.2, 0.25) is 10.0 Å². The molecule has 122 valence electrons. The number of aromatic amines is 1. The molecule has 0 saturated heterocycles. The summed E-state index contributed by atoms with van der Waals surface area (Å²) in [5.41, 5.74) is 3.08. The van der Waals surface area contributed by atoms with Crippen molar-refractivity contribution in [3.63, 3.8) is 0 Å². The molecule has 0 fully saturated rings. The minimum atomic E-state index is -0.173. The van der Waals surface area contributed by atoms with Gasteiger partial charge in [-0.15, -0.1) is 0 Å². The van der Waals surface area contributed by atoms with Gasteiger partial charge < -0.3 is 5.32 Å². The van der Waals surface area contributed by atoms with E-state index in [0.29, 0.717) is 27.8 Å². The quantitative estimate of drug-likeness (QED) is 0.711. The van der Waals surface area contributed by atoms with E-state index in [1.54, 1.807) is 12.1 Å². The number of aromatic nitrogens is 2. The van der Waals surface area contributed by atoms with Crippen molar-refractivity contribution in [1.29, 1.82) is 0 Å². The lowest BCUT2D eigenvalue weighted by Gasteiger charge is -2.06. The van der Waals surface area contributed by atoms with Crippen molar-refractivity contribution in [2.24, 2.45) is 0 Å². The van der Waals surface area contributed by atoms with Gasteiger partial charge in [-0.25, -0.2) is 0 Å². The summed E-state index contributed by atoms with van der Waals surface area (Å²) in [6, 6.07) is 14.9. The van der Waals surface area contributed by atoms with Gasteiger partial charge in [0.15, 0.2) is 0 Å². The summed E-state index contributed by atoms with van der Waals surface area (Å²) >= 11 is 11.9. The van der Waals surface area contributed by atoms with Crippen LogP contribution in [-0.2, 0) is 6.42 Å². The number of rotatable bonds is 5. The smallest absolute Gasteiger partial charge is 0.255 e. The number of nitrogens with one attached hydrogen (secondary N) is 2. The van der Waals surface area contributed by atoms with Crippen molar-refractivity contribution >= 4 is 29.1 Å². The molecule has 1 aromatic heterocycles. The first kappa shape index (κ1) is 16.6. The van der Waals surface area contributed by atoms with E-state index in [-0.39, 0.29) is 5.91 Å². The molecular weight excluding hydrogens is 345 g/mol. The summed E-state index contributed by atoms with van der Waals surface area (Å²) in [4.78, 5) is 12.4. The van der Waals surface area contributed by atoms with Gasteiger partial charge in [-0.1, -0.05) is 47.5 Å². The van der Waals surface area contributed by atoms with Gasteiger partial charge in [0.05, 0.1) is 17.5 Å². The zero-order valence-electron chi connectivity index (χ0n) is 12.7. The monoisotopic (exact) mass is 359 g/mol.